The van der Waals surface area contributed by atoms with Crippen molar-refractivity contribution in [3.63, 3.8) is 0 Å². The van der Waals surface area contributed by atoms with E-state index in [0.29, 0.717) is 12.2 Å². The Bertz CT molecular complexity index is 918. The highest BCUT2D eigenvalue weighted by Gasteiger charge is 2.29. The minimum absolute atomic E-state index is 0.0130. The van der Waals surface area contributed by atoms with Crippen LogP contribution in [-0.4, -0.2) is 58.5 Å². The molecular formula is C17H25N5O4S. The molecule has 3 heterocycles. The van der Waals surface area contributed by atoms with Crippen molar-refractivity contribution in [3.05, 3.63) is 23.7 Å². The third-order valence-corrected chi connectivity index (χ3v) is 6.97. The molecule has 1 aliphatic heterocycles. The third kappa shape index (κ3) is 4.22. The van der Waals surface area contributed by atoms with E-state index in [0.717, 1.165) is 30.5 Å². The minimum Gasteiger partial charge on any atom is -0.350 e. The molecule has 0 aliphatic carbocycles. The smallest absolute Gasteiger partial charge is 0.289 e. The lowest BCUT2D eigenvalue weighted by Crippen LogP contribution is -2.45. The van der Waals surface area contributed by atoms with Crippen LogP contribution in [0.3, 0.4) is 0 Å². The molecule has 0 radical (unpaired) electrons. The SMILES string of the molecule is Cc1c(-c2cc(C(=O)NCCS(=O)(=O)N3CCCCC3C)on2)cnn1C. The van der Waals surface area contributed by atoms with Crippen LogP contribution in [0.25, 0.3) is 11.3 Å². The van der Waals surface area contributed by atoms with E-state index >= 15 is 0 Å². The Kier molecular flexibility index (Phi) is 5.66. The number of carbonyl (C=O) groups excluding carboxylic acids is 1. The van der Waals surface area contributed by atoms with Crippen LogP contribution in [0.15, 0.2) is 16.8 Å². The molecule has 27 heavy (non-hydrogen) atoms. The van der Waals surface area contributed by atoms with E-state index in [1.807, 2.05) is 20.9 Å². The summed E-state index contributed by atoms with van der Waals surface area (Å²) < 4.78 is 33.3. The van der Waals surface area contributed by atoms with E-state index in [9.17, 15) is 13.2 Å². The van der Waals surface area contributed by atoms with Gasteiger partial charge in [-0.15, -0.1) is 0 Å². The second-order valence-electron chi connectivity index (χ2n) is 6.87. The molecule has 2 aromatic heterocycles. The highest BCUT2D eigenvalue weighted by Crippen LogP contribution is 2.22. The van der Waals surface area contributed by atoms with E-state index in [4.69, 9.17) is 4.52 Å². The van der Waals surface area contributed by atoms with Gasteiger partial charge in [-0.1, -0.05) is 11.6 Å². The summed E-state index contributed by atoms with van der Waals surface area (Å²) in [6.45, 7) is 4.38. The average molecular weight is 395 g/mol. The fourth-order valence-electron chi connectivity index (χ4n) is 3.24. The van der Waals surface area contributed by atoms with Gasteiger partial charge in [0.25, 0.3) is 5.91 Å². The summed E-state index contributed by atoms with van der Waals surface area (Å²) in [6.07, 6.45) is 4.46. The number of piperidine rings is 1. The lowest BCUT2D eigenvalue weighted by atomic mass is 10.1. The zero-order valence-electron chi connectivity index (χ0n) is 15.8. The average Bonchev–Trinajstić information content (AvgIpc) is 3.23. The summed E-state index contributed by atoms with van der Waals surface area (Å²) in [5.41, 5.74) is 2.19. The normalized spacial score (nSPS) is 18.6. The summed E-state index contributed by atoms with van der Waals surface area (Å²) in [7, 11) is -1.57. The molecule has 0 aromatic carbocycles. The zero-order valence-corrected chi connectivity index (χ0v) is 16.6. The Morgan fingerprint density at radius 1 is 1.41 bits per heavy atom. The van der Waals surface area contributed by atoms with Crippen LogP contribution in [0.4, 0.5) is 0 Å². The molecule has 1 aliphatic rings. The van der Waals surface area contributed by atoms with E-state index in [-0.39, 0.29) is 24.1 Å². The molecule has 2 aromatic rings. The van der Waals surface area contributed by atoms with Crippen molar-refractivity contribution >= 4 is 15.9 Å². The number of amides is 1. The van der Waals surface area contributed by atoms with Crippen molar-refractivity contribution in [2.24, 2.45) is 7.05 Å². The summed E-state index contributed by atoms with van der Waals surface area (Å²) in [5, 5.41) is 10.6. The van der Waals surface area contributed by atoms with E-state index in [1.54, 1.807) is 15.2 Å². The number of aryl methyl sites for hydroxylation is 1. The van der Waals surface area contributed by atoms with Gasteiger partial charge in [0, 0.05) is 43.5 Å². The Hall–Kier alpha value is -2.20. The second kappa shape index (κ2) is 7.81. The molecule has 3 rings (SSSR count). The topological polar surface area (TPSA) is 110 Å². The quantitative estimate of drug-likeness (QED) is 0.790. The molecule has 9 nitrogen and oxygen atoms in total. The molecule has 1 atom stereocenters. The van der Waals surface area contributed by atoms with Crippen molar-refractivity contribution in [1.29, 1.82) is 0 Å². The number of hydrogen-bond donors (Lipinski definition) is 1. The number of sulfonamides is 1. The summed E-state index contributed by atoms with van der Waals surface area (Å²) in [5.74, 6) is -0.583. The van der Waals surface area contributed by atoms with Crippen LogP contribution in [0.5, 0.6) is 0 Å². The maximum absolute atomic E-state index is 12.5. The first-order chi connectivity index (χ1) is 12.8. The van der Waals surface area contributed by atoms with E-state index in [1.165, 1.54) is 6.07 Å². The van der Waals surface area contributed by atoms with Crippen LogP contribution in [-0.2, 0) is 17.1 Å². The van der Waals surface area contributed by atoms with E-state index in [2.05, 4.69) is 15.6 Å². The van der Waals surface area contributed by atoms with Crippen LogP contribution >= 0.6 is 0 Å². The van der Waals surface area contributed by atoms with Gasteiger partial charge < -0.3 is 9.84 Å². The Morgan fingerprint density at radius 3 is 2.85 bits per heavy atom. The van der Waals surface area contributed by atoms with Gasteiger partial charge in [0.15, 0.2) is 0 Å². The molecular weight excluding hydrogens is 370 g/mol. The lowest BCUT2D eigenvalue weighted by molar-refractivity contribution is 0.0919. The number of nitrogens with zero attached hydrogens (tertiary/aromatic N) is 4. The fraction of sp³-hybridized carbons (Fsp3) is 0.588. The van der Waals surface area contributed by atoms with Gasteiger partial charge in [0.1, 0.15) is 5.69 Å². The van der Waals surface area contributed by atoms with Crippen LogP contribution in [0, 0.1) is 6.92 Å². The monoisotopic (exact) mass is 395 g/mol. The summed E-state index contributed by atoms with van der Waals surface area (Å²) >= 11 is 0. The molecule has 10 heteroatoms. The number of carbonyl (C=O) groups is 1. The van der Waals surface area contributed by atoms with Gasteiger partial charge in [0.2, 0.25) is 15.8 Å². The second-order valence-corrected chi connectivity index (χ2v) is 8.91. The Morgan fingerprint density at radius 2 is 2.19 bits per heavy atom. The summed E-state index contributed by atoms with van der Waals surface area (Å²) in [6, 6.07) is 1.54. The Labute approximate surface area is 158 Å². The largest absolute Gasteiger partial charge is 0.350 e. The highest BCUT2D eigenvalue weighted by atomic mass is 32.2. The van der Waals surface area contributed by atoms with Crippen molar-refractivity contribution < 1.29 is 17.7 Å². The molecule has 0 spiro atoms. The van der Waals surface area contributed by atoms with Gasteiger partial charge in [0.05, 0.1) is 11.9 Å². The van der Waals surface area contributed by atoms with Crippen molar-refractivity contribution in [1.82, 2.24) is 24.6 Å². The minimum atomic E-state index is -3.39. The van der Waals surface area contributed by atoms with Gasteiger partial charge >= 0.3 is 0 Å². The first kappa shape index (κ1) is 19.6. The molecule has 148 valence electrons. The molecule has 1 unspecified atom stereocenters. The standard InChI is InChI=1S/C17H25N5O4S/c1-12-6-4-5-8-22(12)27(24,25)9-7-18-17(23)16-10-15(20-26-16)14-11-19-21(3)13(14)2/h10-12H,4-9H2,1-3H3,(H,18,23). The Balaban J connectivity index is 1.58. The van der Waals surface area contributed by atoms with Gasteiger partial charge in [-0.2, -0.15) is 9.40 Å². The van der Waals surface area contributed by atoms with Crippen molar-refractivity contribution in [3.8, 4) is 11.3 Å². The molecule has 1 fully saturated rings. The first-order valence-corrected chi connectivity index (χ1v) is 10.6. The zero-order chi connectivity index (χ0) is 19.6. The number of nitrogens with one attached hydrogen (secondary N) is 1. The van der Waals surface area contributed by atoms with Crippen molar-refractivity contribution in [2.45, 2.75) is 39.2 Å². The van der Waals surface area contributed by atoms with E-state index < -0.39 is 15.9 Å². The van der Waals surface area contributed by atoms with Gasteiger partial charge in [-0.3, -0.25) is 9.48 Å². The van der Waals surface area contributed by atoms with Crippen LogP contribution < -0.4 is 5.32 Å². The predicted octanol–water partition coefficient (Wildman–Crippen LogP) is 1.32. The maximum Gasteiger partial charge on any atom is 0.289 e. The fourth-order valence-corrected chi connectivity index (χ4v) is 4.90. The number of aromatic nitrogens is 3. The lowest BCUT2D eigenvalue weighted by Gasteiger charge is -2.32. The van der Waals surface area contributed by atoms with Crippen LogP contribution in [0.1, 0.15) is 42.4 Å². The predicted molar refractivity (Wildman–Crippen MR) is 99.6 cm³/mol. The molecule has 0 saturated carbocycles. The maximum atomic E-state index is 12.5. The highest BCUT2D eigenvalue weighted by molar-refractivity contribution is 7.89. The first-order valence-electron chi connectivity index (χ1n) is 9.03. The molecule has 1 N–H and O–H groups in total. The number of hydrogen-bond acceptors (Lipinski definition) is 6. The number of rotatable bonds is 6. The molecule has 0 bridgehead atoms. The third-order valence-electron chi connectivity index (χ3n) is 4.99. The van der Waals surface area contributed by atoms with Crippen molar-refractivity contribution in [2.75, 3.05) is 18.8 Å². The van der Waals surface area contributed by atoms with Crippen LogP contribution in [0.2, 0.25) is 0 Å². The van der Waals surface area contributed by atoms with Gasteiger partial charge in [-0.05, 0) is 26.7 Å². The summed E-state index contributed by atoms with van der Waals surface area (Å²) in [4.78, 5) is 12.2. The molecule has 1 amide bonds. The molecule has 1 saturated heterocycles. The van der Waals surface area contributed by atoms with Gasteiger partial charge in [-0.25, -0.2) is 8.42 Å².